The van der Waals surface area contributed by atoms with Gasteiger partial charge in [-0.25, -0.2) is 19.9 Å². The first-order chi connectivity index (χ1) is 20.0. The highest BCUT2D eigenvalue weighted by molar-refractivity contribution is 8.00. The van der Waals surface area contributed by atoms with Crippen LogP contribution >= 0.6 is 11.8 Å². The molecule has 10 nitrogen and oxygen atoms in total. The highest BCUT2D eigenvalue weighted by atomic mass is 32.2. The lowest BCUT2D eigenvalue weighted by molar-refractivity contribution is -0.0669. The van der Waals surface area contributed by atoms with Crippen LogP contribution in [0.25, 0.3) is 11.2 Å². The number of aliphatic hydroxyl groups excluding tert-OH is 2. The van der Waals surface area contributed by atoms with E-state index in [0.29, 0.717) is 16.8 Å². The van der Waals surface area contributed by atoms with Gasteiger partial charge in [-0.05, 0) is 36.4 Å². The van der Waals surface area contributed by atoms with Gasteiger partial charge in [0.1, 0.15) is 12.6 Å². The van der Waals surface area contributed by atoms with E-state index in [1.807, 2.05) is 30.3 Å². The lowest BCUT2D eigenvalue weighted by atomic mass is 10.1. The van der Waals surface area contributed by atoms with E-state index in [4.69, 9.17) is 4.74 Å². The molecule has 0 saturated carbocycles. The molecule has 0 radical (unpaired) electrons. The number of imidazole rings is 1. The molecule has 1 aliphatic rings. The quantitative estimate of drug-likeness (QED) is 0.279. The minimum atomic E-state index is -1.31. The lowest BCUT2D eigenvalue weighted by Gasteiger charge is -2.29. The van der Waals surface area contributed by atoms with Crippen LogP contribution in [0.3, 0.4) is 0 Å². The Morgan fingerprint density at radius 2 is 1.49 bits per heavy atom. The van der Waals surface area contributed by atoms with Gasteiger partial charge in [-0.3, -0.25) is 14.2 Å². The van der Waals surface area contributed by atoms with Crippen LogP contribution in [-0.2, 0) is 4.74 Å². The number of nitrogens with zero attached hydrogens (tertiary/aromatic N) is 5. The van der Waals surface area contributed by atoms with E-state index in [-0.39, 0.29) is 17.8 Å². The first-order valence-electron chi connectivity index (χ1n) is 12.9. The van der Waals surface area contributed by atoms with Gasteiger partial charge in [0.2, 0.25) is 0 Å². The number of benzene rings is 3. The molecule has 2 N–H and O–H groups in total. The molecule has 41 heavy (non-hydrogen) atoms. The van der Waals surface area contributed by atoms with Crippen molar-refractivity contribution in [3.8, 4) is 0 Å². The van der Waals surface area contributed by atoms with Crippen molar-refractivity contribution in [3.63, 3.8) is 0 Å². The van der Waals surface area contributed by atoms with Gasteiger partial charge in [0, 0.05) is 22.4 Å². The Morgan fingerprint density at radius 3 is 2.07 bits per heavy atom. The molecule has 3 atom stereocenters. The van der Waals surface area contributed by atoms with Crippen molar-refractivity contribution < 1.29 is 24.5 Å². The number of thioether (sulfide) groups is 1. The van der Waals surface area contributed by atoms with Gasteiger partial charge in [0.15, 0.2) is 21.9 Å². The van der Waals surface area contributed by atoms with Crippen molar-refractivity contribution in [2.75, 3.05) is 11.5 Å². The number of hydrogen-bond acceptors (Lipinski definition) is 9. The van der Waals surface area contributed by atoms with Gasteiger partial charge in [0.25, 0.3) is 11.8 Å². The maximum Gasteiger partial charge on any atom is 0.266 e. The standard InChI is InChI=1S/C30H25N5O5S/c36-17-30(41-22-14-8-3-9-15-22)23(37)16-24(40-30)34-19-33-25-26(34)31-18-32-27(25)35(28(38)20-10-4-1-5-11-20)29(39)21-12-6-2-7-13-21/h1-15,18-19,23-24,36-37H,16-17H2/t23-,24+,30+/m0/s1. The molecule has 0 unspecified atom stereocenters. The second-order valence-electron chi connectivity index (χ2n) is 9.41. The molecule has 3 heterocycles. The average Bonchev–Trinajstić information content (AvgIpc) is 3.60. The highest BCUT2D eigenvalue weighted by Crippen LogP contribution is 2.47. The third kappa shape index (κ3) is 5.00. The number of rotatable bonds is 7. The third-order valence-corrected chi connectivity index (χ3v) is 8.18. The monoisotopic (exact) mass is 567 g/mol. The molecule has 3 aromatic carbocycles. The summed E-state index contributed by atoms with van der Waals surface area (Å²) < 4.78 is 7.89. The van der Waals surface area contributed by atoms with Gasteiger partial charge in [0.05, 0.1) is 19.0 Å². The van der Waals surface area contributed by atoms with Crippen molar-refractivity contribution >= 4 is 40.6 Å². The van der Waals surface area contributed by atoms with Crippen molar-refractivity contribution in [3.05, 3.63) is 115 Å². The van der Waals surface area contributed by atoms with Gasteiger partial charge < -0.3 is 14.9 Å². The number of ether oxygens (including phenoxy) is 1. The van der Waals surface area contributed by atoms with Crippen LogP contribution in [0, 0.1) is 0 Å². The number of carbonyl (C=O) groups excluding carboxylic acids is 2. The molecular weight excluding hydrogens is 542 g/mol. The number of fused-ring (bicyclic) bond motifs is 1. The summed E-state index contributed by atoms with van der Waals surface area (Å²) in [4.78, 5) is 41.2. The van der Waals surface area contributed by atoms with Crippen LogP contribution in [-0.4, -0.2) is 59.2 Å². The van der Waals surface area contributed by atoms with Crippen molar-refractivity contribution in [1.82, 2.24) is 19.5 Å². The van der Waals surface area contributed by atoms with Crippen LogP contribution in [0.5, 0.6) is 0 Å². The fraction of sp³-hybridized carbons (Fsp3) is 0.167. The zero-order chi connectivity index (χ0) is 28.4. The summed E-state index contributed by atoms with van der Waals surface area (Å²) in [7, 11) is 0. The van der Waals surface area contributed by atoms with Crippen LogP contribution in [0.1, 0.15) is 33.4 Å². The summed E-state index contributed by atoms with van der Waals surface area (Å²) in [5.74, 6) is -1.12. The lowest BCUT2D eigenvalue weighted by Crippen LogP contribution is -2.39. The summed E-state index contributed by atoms with van der Waals surface area (Å²) in [6.45, 7) is -0.429. The largest absolute Gasteiger partial charge is 0.392 e. The number of amides is 2. The predicted octanol–water partition coefficient (Wildman–Crippen LogP) is 4.07. The van der Waals surface area contributed by atoms with E-state index in [1.54, 1.807) is 65.2 Å². The smallest absolute Gasteiger partial charge is 0.266 e. The number of aliphatic hydroxyl groups is 2. The third-order valence-electron chi connectivity index (χ3n) is 6.83. The maximum atomic E-state index is 13.7. The van der Waals surface area contributed by atoms with E-state index >= 15 is 0 Å². The van der Waals surface area contributed by atoms with Crippen molar-refractivity contribution in [1.29, 1.82) is 0 Å². The summed E-state index contributed by atoms with van der Waals surface area (Å²) in [6.07, 6.45) is 1.14. The van der Waals surface area contributed by atoms with Gasteiger partial charge in [-0.15, -0.1) is 0 Å². The van der Waals surface area contributed by atoms with E-state index in [9.17, 15) is 19.8 Å². The Labute approximate surface area is 239 Å². The Hall–Kier alpha value is -4.42. The minimum Gasteiger partial charge on any atom is -0.392 e. The number of imide groups is 1. The van der Waals surface area contributed by atoms with Crippen LogP contribution in [0.15, 0.2) is 109 Å². The summed E-state index contributed by atoms with van der Waals surface area (Å²) in [5, 5.41) is 21.3. The average molecular weight is 568 g/mol. The Morgan fingerprint density at radius 1 is 0.902 bits per heavy atom. The van der Waals surface area contributed by atoms with Crippen molar-refractivity contribution in [2.45, 2.75) is 28.6 Å². The highest BCUT2D eigenvalue weighted by Gasteiger charge is 2.50. The second-order valence-corrected chi connectivity index (χ2v) is 10.8. The Bertz CT molecular complexity index is 1630. The first-order valence-corrected chi connectivity index (χ1v) is 13.7. The maximum absolute atomic E-state index is 13.7. The molecule has 1 saturated heterocycles. The van der Waals surface area contributed by atoms with Crippen LogP contribution < -0.4 is 4.90 Å². The van der Waals surface area contributed by atoms with Gasteiger partial charge in [-0.2, -0.15) is 0 Å². The summed E-state index contributed by atoms with van der Waals surface area (Å²) in [6, 6.07) is 26.3. The second kappa shape index (κ2) is 11.2. The molecule has 5 aromatic rings. The van der Waals surface area contributed by atoms with E-state index in [2.05, 4.69) is 15.0 Å². The predicted molar refractivity (Wildman–Crippen MR) is 152 cm³/mol. The fourth-order valence-corrected chi connectivity index (χ4v) is 5.92. The molecule has 1 fully saturated rings. The molecule has 11 heteroatoms. The molecule has 0 aliphatic carbocycles. The number of hydrogen-bond donors (Lipinski definition) is 2. The number of aromatic nitrogens is 4. The molecule has 2 amide bonds. The SMILES string of the molecule is O=C(c1ccccc1)N(C(=O)c1ccccc1)c1ncnc2c1ncn2[C@H]1C[C@H](O)[C@@](CO)(Sc2ccccc2)O1. The fourth-order valence-electron chi connectivity index (χ4n) is 4.77. The first kappa shape index (κ1) is 26.8. The number of anilines is 1. The molecule has 206 valence electrons. The number of carbonyl (C=O) groups is 2. The normalized spacial score (nSPS) is 20.2. The zero-order valence-corrected chi connectivity index (χ0v) is 22.5. The molecule has 0 spiro atoms. The molecule has 6 rings (SSSR count). The minimum absolute atomic E-state index is 0.0158. The molecular formula is C30H25N5O5S. The Balaban J connectivity index is 1.39. The van der Waals surface area contributed by atoms with E-state index < -0.39 is 35.7 Å². The zero-order valence-electron chi connectivity index (χ0n) is 21.6. The molecule has 1 aliphatic heterocycles. The van der Waals surface area contributed by atoms with E-state index in [1.165, 1.54) is 24.4 Å². The molecule has 0 bridgehead atoms. The van der Waals surface area contributed by atoms with Crippen molar-refractivity contribution in [2.24, 2.45) is 0 Å². The van der Waals surface area contributed by atoms with Crippen LogP contribution in [0.2, 0.25) is 0 Å². The van der Waals surface area contributed by atoms with Gasteiger partial charge in [-0.1, -0.05) is 66.4 Å². The summed E-state index contributed by atoms with van der Waals surface area (Å²) in [5.41, 5.74) is 1.11. The van der Waals surface area contributed by atoms with Gasteiger partial charge >= 0.3 is 0 Å². The topological polar surface area (TPSA) is 131 Å². The van der Waals surface area contributed by atoms with Crippen LogP contribution in [0.4, 0.5) is 5.82 Å². The molecule has 2 aromatic heterocycles. The summed E-state index contributed by atoms with van der Waals surface area (Å²) >= 11 is 1.24. The van der Waals surface area contributed by atoms with E-state index in [0.717, 1.165) is 9.80 Å². The Kier molecular flexibility index (Phi) is 7.33.